The van der Waals surface area contributed by atoms with Gasteiger partial charge in [0.2, 0.25) is 0 Å². The minimum atomic E-state index is -0.451. The van der Waals surface area contributed by atoms with Gasteiger partial charge in [-0.15, -0.1) is 11.3 Å². The lowest BCUT2D eigenvalue weighted by Crippen LogP contribution is -2.16. The molecule has 2 aromatic carbocycles. The van der Waals surface area contributed by atoms with Crippen LogP contribution in [0.5, 0.6) is 0 Å². The third-order valence-corrected chi connectivity index (χ3v) is 6.69. The number of nitrogens with one attached hydrogen (secondary N) is 1. The van der Waals surface area contributed by atoms with Crippen molar-refractivity contribution in [3.05, 3.63) is 90.1 Å². The van der Waals surface area contributed by atoms with Crippen LogP contribution in [0.15, 0.2) is 59.7 Å². The number of aryl methyl sites for hydroxylation is 1. The molecule has 0 unspecified atom stereocenters. The predicted molar refractivity (Wildman–Crippen MR) is 131 cm³/mol. The second kappa shape index (κ2) is 8.60. The molecule has 1 amide bonds. The van der Waals surface area contributed by atoms with Crippen LogP contribution in [0.4, 0.5) is 5.69 Å². The number of non-ortho nitro benzene ring substituents is 1. The lowest BCUT2D eigenvalue weighted by Gasteiger charge is -2.09. The third-order valence-electron chi connectivity index (χ3n) is 4.86. The summed E-state index contributed by atoms with van der Waals surface area (Å²) >= 11 is 3.54. The Morgan fingerprint density at radius 2 is 1.90 bits per heavy atom. The Labute approximate surface area is 195 Å². The van der Waals surface area contributed by atoms with Gasteiger partial charge in [0.1, 0.15) is 0 Å². The van der Waals surface area contributed by atoms with Crippen LogP contribution >= 0.6 is 33.9 Å². The molecule has 9 heteroatoms. The van der Waals surface area contributed by atoms with Crippen molar-refractivity contribution in [1.82, 2.24) is 9.99 Å². The van der Waals surface area contributed by atoms with E-state index in [4.69, 9.17) is 0 Å². The fraction of sp³-hybridized carbons (Fsp3) is 0.0909. The zero-order valence-electron chi connectivity index (χ0n) is 16.6. The third kappa shape index (κ3) is 4.37. The smallest absolute Gasteiger partial charge is 0.281 e. The molecule has 0 saturated heterocycles. The van der Waals surface area contributed by atoms with Crippen LogP contribution in [0.1, 0.15) is 26.6 Å². The van der Waals surface area contributed by atoms with E-state index in [9.17, 15) is 14.9 Å². The summed E-state index contributed by atoms with van der Waals surface area (Å²) in [5.41, 5.74) is 6.61. The van der Waals surface area contributed by atoms with Crippen molar-refractivity contribution >= 4 is 61.8 Å². The number of halogens is 1. The van der Waals surface area contributed by atoms with E-state index >= 15 is 0 Å². The zero-order chi connectivity index (χ0) is 22.1. The number of fused-ring (bicyclic) bond motifs is 1. The summed E-state index contributed by atoms with van der Waals surface area (Å²) in [5.74, 6) is -0.355. The number of rotatable bonds is 5. The number of nitrogens with zero attached hydrogens (tertiary/aromatic N) is 3. The number of amides is 1. The highest BCUT2D eigenvalue weighted by Crippen LogP contribution is 2.29. The number of nitro groups is 1. The first-order valence-corrected chi connectivity index (χ1v) is 11.2. The number of carbonyl (C=O) groups is 1. The lowest BCUT2D eigenvalue weighted by atomic mass is 10.2. The van der Waals surface area contributed by atoms with Gasteiger partial charge in [0.15, 0.2) is 0 Å². The fourth-order valence-electron chi connectivity index (χ4n) is 3.38. The number of hydrazone groups is 1. The second-order valence-electron chi connectivity index (χ2n) is 6.93. The Kier molecular flexibility index (Phi) is 5.88. The Balaban J connectivity index is 1.51. The van der Waals surface area contributed by atoms with E-state index in [2.05, 4.69) is 62.0 Å². The van der Waals surface area contributed by atoms with E-state index in [1.54, 1.807) is 18.3 Å². The Bertz CT molecular complexity index is 1340. The van der Waals surface area contributed by atoms with E-state index < -0.39 is 4.92 Å². The molecule has 0 bridgehead atoms. The Morgan fingerprint density at radius 3 is 2.61 bits per heavy atom. The maximum atomic E-state index is 12.5. The molecule has 0 fully saturated rings. The molecule has 2 aromatic heterocycles. The maximum absolute atomic E-state index is 12.5. The van der Waals surface area contributed by atoms with Crippen molar-refractivity contribution in [2.24, 2.45) is 5.10 Å². The number of thiophene rings is 1. The molecule has 4 rings (SSSR count). The number of benzene rings is 2. The summed E-state index contributed by atoms with van der Waals surface area (Å²) in [6, 6.07) is 16.4. The van der Waals surface area contributed by atoms with Crippen LogP contribution in [-0.2, 0) is 0 Å². The van der Waals surface area contributed by atoms with E-state index in [0.29, 0.717) is 10.3 Å². The molecule has 0 radical (unpaired) electrons. The first-order chi connectivity index (χ1) is 14.8. The van der Waals surface area contributed by atoms with Crippen molar-refractivity contribution in [2.45, 2.75) is 13.8 Å². The fourth-order valence-corrected chi connectivity index (χ4v) is 4.67. The summed E-state index contributed by atoms with van der Waals surface area (Å²) in [7, 11) is 0. The molecule has 1 N–H and O–H groups in total. The average Bonchev–Trinajstić information content (AvgIpc) is 3.29. The SMILES string of the molecule is Cc1cc(/C=N/NC(=O)c2cc3cc([N+](=O)[O-])ccc3s2)c(C)n1-c1ccc(I)cc1. The molecule has 0 spiro atoms. The molecule has 31 heavy (non-hydrogen) atoms. The number of hydrogen-bond donors (Lipinski definition) is 1. The number of hydrogen-bond acceptors (Lipinski definition) is 5. The average molecular weight is 544 g/mol. The van der Waals surface area contributed by atoms with E-state index in [-0.39, 0.29) is 11.6 Å². The van der Waals surface area contributed by atoms with Gasteiger partial charge in [0, 0.05) is 48.4 Å². The van der Waals surface area contributed by atoms with Gasteiger partial charge in [0.05, 0.1) is 16.0 Å². The minimum Gasteiger partial charge on any atom is -0.318 e. The van der Waals surface area contributed by atoms with Gasteiger partial charge in [-0.25, -0.2) is 5.43 Å². The highest BCUT2D eigenvalue weighted by molar-refractivity contribution is 14.1. The maximum Gasteiger partial charge on any atom is 0.281 e. The first-order valence-electron chi connectivity index (χ1n) is 9.30. The molecule has 4 aromatic rings. The zero-order valence-corrected chi connectivity index (χ0v) is 19.6. The van der Waals surface area contributed by atoms with Gasteiger partial charge in [-0.2, -0.15) is 5.10 Å². The van der Waals surface area contributed by atoms with E-state index in [1.807, 2.05) is 19.9 Å². The van der Waals surface area contributed by atoms with Crippen molar-refractivity contribution < 1.29 is 9.72 Å². The van der Waals surface area contributed by atoms with Crippen LogP contribution < -0.4 is 5.43 Å². The quantitative estimate of drug-likeness (QED) is 0.154. The minimum absolute atomic E-state index is 0.00114. The van der Waals surface area contributed by atoms with Crippen molar-refractivity contribution in [2.75, 3.05) is 0 Å². The topological polar surface area (TPSA) is 89.5 Å². The van der Waals surface area contributed by atoms with Gasteiger partial charge in [0.25, 0.3) is 11.6 Å². The van der Waals surface area contributed by atoms with E-state index in [0.717, 1.165) is 27.3 Å². The molecular weight excluding hydrogens is 527 g/mol. The number of carbonyl (C=O) groups excluding carboxylic acids is 1. The second-order valence-corrected chi connectivity index (χ2v) is 9.26. The summed E-state index contributed by atoms with van der Waals surface area (Å²) in [6.07, 6.45) is 1.63. The molecule has 0 saturated carbocycles. The highest BCUT2D eigenvalue weighted by atomic mass is 127. The standard InChI is InChI=1S/C22H17IN4O3S/c1-13-9-16(14(2)26(13)18-5-3-17(23)4-6-18)12-24-25-22(28)21-11-15-10-19(27(29)30)7-8-20(15)31-21/h3-12H,1-2H3,(H,25,28)/b24-12+. The van der Waals surface area contributed by atoms with Crippen LogP contribution in [0.2, 0.25) is 0 Å². The molecule has 0 aliphatic heterocycles. The molecule has 0 aliphatic rings. The van der Waals surface area contributed by atoms with Gasteiger partial charge in [-0.3, -0.25) is 14.9 Å². The normalized spacial score (nSPS) is 11.3. The Morgan fingerprint density at radius 1 is 1.16 bits per heavy atom. The Hall–Kier alpha value is -3.05. The summed E-state index contributed by atoms with van der Waals surface area (Å²) in [5, 5.41) is 15.7. The largest absolute Gasteiger partial charge is 0.318 e. The van der Waals surface area contributed by atoms with Crippen LogP contribution in [0, 0.1) is 27.5 Å². The highest BCUT2D eigenvalue weighted by Gasteiger charge is 2.13. The van der Waals surface area contributed by atoms with Crippen molar-refractivity contribution in [3.63, 3.8) is 0 Å². The van der Waals surface area contributed by atoms with E-state index in [1.165, 1.54) is 27.0 Å². The molecular formula is C22H17IN4O3S. The van der Waals surface area contributed by atoms with Crippen molar-refractivity contribution in [1.29, 1.82) is 0 Å². The summed E-state index contributed by atoms with van der Waals surface area (Å²) < 4.78 is 4.11. The molecule has 0 aliphatic carbocycles. The van der Waals surface area contributed by atoms with Gasteiger partial charge < -0.3 is 4.57 Å². The summed E-state index contributed by atoms with van der Waals surface area (Å²) in [4.78, 5) is 23.4. The monoisotopic (exact) mass is 544 g/mol. The van der Waals surface area contributed by atoms with Crippen molar-refractivity contribution in [3.8, 4) is 5.69 Å². The summed E-state index contributed by atoms with van der Waals surface area (Å²) in [6.45, 7) is 4.03. The molecule has 2 heterocycles. The molecule has 7 nitrogen and oxygen atoms in total. The number of nitro benzene ring substituents is 1. The van der Waals surface area contributed by atoms with Crippen LogP contribution in [0.3, 0.4) is 0 Å². The number of aromatic nitrogens is 1. The molecule has 0 atom stereocenters. The van der Waals surface area contributed by atoms with Crippen LogP contribution in [-0.4, -0.2) is 21.6 Å². The predicted octanol–water partition coefficient (Wildman–Crippen LogP) is 5.59. The van der Waals surface area contributed by atoms with Gasteiger partial charge in [-0.1, -0.05) is 0 Å². The molecule has 156 valence electrons. The first kappa shape index (κ1) is 21.2. The van der Waals surface area contributed by atoms with Gasteiger partial charge in [-0.05, 0) is 78.9 Å². The van der Waals surface area contributed by atoms with Crippen LogP contribution in [0.25, 0.3) is 15.8 Å². The van der Waals surface area contributed by atoms with Gasteiger partial charge >= 0.3 is 0 Å². The lowest BCUT2D eigenvalue weighted by molar-refractivity contribution is -0.384.